The lowest BCUT2D eigenvalue weighted by Crippen LogP contribution is -2.26. The predicted molar refractivity (Wildman–Crippen MR) is 89.2 cm³/mol. The monoisotopic (exact) mass is 389 g/mol. The molecule has 2 rings (SSSR count). The Labute approximate surface area is 147 Å². The normalized spacial score (nSPS) is 12.0. The number of rotatable bonds is 6. The van der Waals surface area contributed by atoms with Crippen LogP contribution in [0.1, 0.15) is 10.4 Å². The molecule has 1 N–H and O–H groups in total. The summed E-state index contributed by atoms with van der Waals surface area (Å²) in [5.41, 5.74) is -5.28. The molecule has 2 aromatic carbocycles. The first kappa shape index (κ1) is 19.3. The van der Waals surface area contributed by atoms with Gasteiger partial charge in [-0.3, -0.25) is 4.79 Å². The molecule has 2 aromatic rings. The molecule has 0 heterocycles. The van der Waals surface area contributed by atoms with E-state index in [4.69, 9.17) is 0 Å². The first-order valence-corrected chi connectivity index (χ1v) is 9.56. The van der Waals surface area contributed by atoms with Crippen LogP contribution in [0, 0.1) is 0 Å². The van der Waals surface area contributed by atoms with E-state index in [1.165, 1.54) is 0 Å². The fourth-order valence-electron chi connectivity index (χ4n) is 1.87. The van der Waals surface area contributed by atoms with Crippen LogP contribution in [0.3, 0.4) is 0 Å². The molecule has 0 atom stereocenters. The summed E-state index contributed by atoms with van der Waals surface area (Å²) in [6.07, 6.45) is 0. The number of carbonyl (C=O) groups is 1. The lowest BCUT2D eigenvalue weighted by atomic mass is 10.2. The molecular formula is C16H14F3NO3S2. The number of hydrogen-bond acceptors (Lipinski definition) is 4. The van der Waals surface area contributed by atoms with Crippen molar-refractivity contribution in [3.63, 3.8) is 0 Å². The van der Waals surface area contributed by atoms with E-state index in [0.29, 0.717) is 12.3 Å². The summed E-state index contributed by atoms with van der Waals surface area (Å²) in [4.78, 5) is 12.1. The smallest absolute Gasteiger partial charge is 0.351 e. The van der Waals surface area contributed by atoms with Crippen LogP contribution in [0.4, 0.5) is 13.2 Å². The van der Waals surface area contributed by atoms with Gasteiger partial charge in [0.25, 0.3) is 15.7 Å². The van der Waals surface area contributed by atoms with Gasteiger partial charge < -0.3 is 5.32 Å². The molecule has 9 heteroatoms. The average molecular weight is 389 g/mol. The Hall–Kier alpha value is -2.00. The highest BCUT2D eigenvalue weighted by atomic mass is 32.2. The van der Waals surface area contributed by atoms with Gasteiger partial charge in [0.15, 0.2) is 0 Å². The fourth-order valence-corrected chi connectivity index (χ4v) is 3.42. The number of nitrogens with one attached hydrogen (secondary N) is 1. The van der Waals surface area contributed by atoms with Gasteiger partial charge in [0.2, 0.25) is 0 Å². The Morgan fingerprint density at radius 2 is 1.60 bits per heavy atom. The maximum absolute atomic E-state index is 12.5. The van der Waals surface area contributed by atoms with Gasteiger partial charge in [0.1, 0.15) is 0 Å². The summed E-state index contributed by atoms with van der Waals surface area (Å²) in [5, 5.41) is 2.63. The number of amides is 1. The van der Waals surface area contributed by atoms with E-state index in [9.17, 15) is 26.4 Å². The van der Waals surface area contributed by atoms with Crippen molar-refractivity contribution in [3.8, 4) is 0 Å². The van der Waals surface area contributed by atoms with E-state index in [0.717, 1.165) is 29.2 Å². The highest BCUT2D eigenvalue weighted by Crippen LogP contribution is 2.30. The van der Waals surface area contributed by atoms with E-state index in [-0.39, 0.29) is 5.56 Å². The van der Waals surface area contributed by atoms with Crippen molar-refractivity contribution in [2.45, 2.75) is 15.3 Å². The van der Waals surface area contributed by atoms with Crippen LogP contribution in [0.5, 0.6) is 0 Å². The summed E-state index contributed by atoms with van der Waals surface area (Å²) in [6, 6.07) is 13.2. The van der Waals surface area contributed by atoms with Gasteiger partial charge in [-0.25, -0.2) is 8.42 Å². The summed E-state index contributed by atoms with van der Waals surface area (Å²) in [5.74, 6) is 0.139. The second-order valence-electron chi connectivity index (χ2n) is 4.89. The number of halogens is 3. The quantitative estimate of drug-likeness (QED) is 0.607. The van der Waals surface area contributed by atoms with E-state index >= 15 is 0 Å². The van der Waals surface area contributed by atoms with Crippen LogP contribution in [-0.4, -0.2) is 32.1 Å². The predicted octanol–water partition coefficient (Wildman–Crippen LogP) is 3.50. The molecule has 0 bridgehead atoms. The molecule has 0 fully saturated rings. The second kappa shape index (κ2) is 7.92. The molecule has 0 unspecified atom stereocenters. The molecule has 0 aliphatic rings. The summed E-state index contributed by atoms with van der Waals surface area (Å²) >= 11 is 1.55. The topological polar surface area (TPSA) is 63.2 Å². The third-order valence-corrected chi connectivity index (χ3v) is 5.65. The second-order valence-corrected chi connectivity index (χ2v) is 8.00. The summed E-state index contributed by atoms with van der Waals surface area (Å²) in [6.45, 7) is 0.362. The molecule has 0 saturated heterocycles. The van der Waals surface area contributed by atoms with Crippen molar-refractivity contribution in [1.82, 2.24) is 5.32 Å². The van der Waals surface area contributed by atoms with Gasteiger partial charge in [-0.2, -0.15) is 13.2 Å². The maximum Gasteiger partial charge on any atom is 0.501 e. The van der Waals surface area contributed by atoms with Crippen LogP contribution in [0.15, 0.2) is 64.4 Å². The molecule has 0 aliphatic heterocycles. The van der Waals surface area contributed by atoms with Gasteiger partial charge in [-0.05, 0) is 36.4 Å². The van der Waals surface area contributed by atoms with Gasteiger partial charge >= 0.3 is 5.51 Å². The Morgan fingerprint density at radius 1 is 1.00 bits per heavy atom. The van der Waals surface area contributed by atoms with E-state index in [1.54, 1.807) is 11.8 Å². The maximum atomic E-state index is 12.5. The number of sulfone groups is 1. The van der Waals surface area contributed by atoms with E-state index < -0.39 is 26.1 Å². The van der Waals surface area contributed by atoms with Gasteiger partial charge in [-0.15, -0.1) is 11.8 Å². The zero-order valence-corrected chi connectivity index (χ0v) is 14.4. The number of benzene rings is 2. The molecule has 0 aromatic heterocycles. The van der Waals surface area contributed by atoms with Crippen molar-refractivity contribution < 1.29 is 26.4 Å². The van der Waals surface area contributed by atoms with E-state index in [2.05, 4.69) is 5.32 Å². The number of thioether (sulfide) groups is 1. The van der Waals surface area contributed by atoms with Crippen LogP contribution in [-0.2, 0) is 9.84 Å². The van der Waals surface area contributed by atoms with Gasteiger partial charge in [-0.1, -0.05) is 18.2 Å². The standard InChI is InChI=1S/C16H14F3NO3S2/c17-16(18,19)25(22,23)14-8-6-12(7-9-14)15(21)20-10-11-24-13-4-2-1-3-5-13/h1-9H,10-11H2,(H,20,21). The highest BCUT2D eigenvalue weighted by Gasteiger charge is 2.46. The van der Waals surface area contributed by atoms with Crippen molar-refractivity contribution in [3.05, 3.63) is 60.2 Å². The molecule has 0 saturated carbocycles. The highest BCUT2D eigenvalue weighted by molar-refractivity contribution is 7.99. The summed E-state index contributed by atoms with van der Waals surface area (Å²) < 4.78 is 59.9. The molecule has 134 valence electrons. The molecule has 0 spiro atoms. The molecule has 0 aliphatic carbocycles. The Bertz CT molecular complexity index is 820. The Balaban J connectivity index is 1.90. The lowest BCUT2D eigenvalue weighted by molar-refractivity contribution is -0.0436. The van der Waals surface area contributed by atoms with Crippen molar-refractivity contribution >= 4 is 27.5 Å². The Kier molecular flexibility index (Phi) is 6.12. The average Bonchev–Trinajstić information content (AvgIpc) is 2.58. The van der Waals surface area contributed by atoms with Crippen molar-refractivity contribution in [2.75, 3.05) is 12.3 Å². The zero-order valence-electron chi connectivity index (χ0n) is 12.8. The number of carbonyl (C=O) groups excluding carboxylic acids is 1. The SMILES string of the molecule is O=C(NCCSc1ccccc1)c1ccc(S(=O)(=O)C(F)(F)F)cc1. The first-order valence-electron chi connectivity index (χ1n) is 7.09. The Morgan fingerprint density at radius 3 is 2.16 bits per heavy atom. The third kappa shape index (κ3) is 4.99. The minimum atomic E-state index is -5.41. The minimum Gasteiger partial charge on any atom is -0.351 e. The van der Waals surface area contributed by atoms with Crippen LogP contribution >= 0.6 is 11.8 Å². The number of alkyl halides is 3. The summed E-state index contributed by atoms with van der Waals surface area (Å²) in [7, 11) is -5.41. The van der Waals surface area contributed by atoms with E-state index in [1.807, 2.05) is 30.3 Å². The van der Waals surface area contributed by atoms with Crippen LogP contribution in [0.2, 0.25) is 0 Å². The molecule has 25 heavy (non-hydrogen) atoms. The van der Waals surface area contributed by atoms with Crippen LogP contribution < -0.4 is 5.32 Å². The van der Waals surface area contributed by atoms with Crippen molar-refractivity contribution in [2.24, 2.45) is 0 Å². The third-order valence-electron chi connectivity index (χ3n) is 3.13. The van der Waals surface area contributed by atoms with Gasteiger partial charge in [0, 0.05) is 22.8 Å². The molecule has 4 nitrogen and oxygen atoms in total. The largest absolute Gasteiger partial charge is 0.501 e. The number of hydrogen-bond donors (Lipinski definition) is 1. The molecule has 0 radical (unpaired) electrons. The first-order chi connectivity index (χ1) is 11.7. The molecule has 1 amide bonds. The molecular weight excluding hydrogens is 375 g/mol. The minimum absolute atomic E-state index is 0.0887. The zero-order chi connectivity index (χ0) is 18.5. The van der Waals surface area contributed by atoms with Crippen LogP contribution in [0.25, 0.3) is 0 Å². The lowest BCUT2D eigenvalue weighted by Gasteiger charge is -2.09. The fraction of sp³-hybridized carbons (Fsp3) is 0.188. The van der Waals surface area contributed by atoms with Gasteiger partial charge in [0.05, 0.1) is 4.90 Å². The van der Waals surface area contributed by atoms with Crippen molar-refractivity contribution in [1.29, 1.82) is 0 Å².